The van der Waals surface area contributed by atoms with E-state index in [4.69, 9.17) is 9.47 Å². The van der Waals surface area contributed by atoms with E-state index in [2.05, 4.69) is 20.8 Å². The van der Waals surface area contributed by atoms with E-state index in [-0.39, 0.29) is 29.3 Å². The molecule has 7 heteroatoms. The molecule has 0 bridgehead atoms. The van der Waals surface area contributed by atoms with E-state index >= 15 is 0 Å². The zero-order valence-electron chi connectivity index (χ0n) is 22.8. The van der Waals surface area contributed by atoms with E-state index in [1.165, 1.54) is 24.9 Å². The van der Waals surface area contributed by atoms with Gasteiger partial charge >= 0.3 is 0 Å². The highest BCUT2D eigenvalue weighted by Crippen LogP contribution is 2.51. The van der Waals surface area contributed by atoms with Gasteiger partial charge in [-0.25, -0.2) is 4.39 Å². The van der Waals surface area contributed by atoms with Crippen molar-refractivity contribution < 1.29 is 28.4 Å². The van der Waals surface area contributed by atoms with E-state index in [0.717, 1.165) is 29.5 Å². The van der Waals surface area contributed by atoms with Crippen molar-refractivity contribution in [1.29, 1.82) is 0 Å². The van der Waals surface area contributed by atoms with Gasteiger partial charge in [0.25, 0.3) is 0 Å². The molecule has 1 saturated carbocycles. The van der Waals surface area contributed by atoms with Crippen LogP contribution < -0.4 is 4.74 Å². The molecule has 0 saturated heterocycles. The van der Waals surface area contributed by atoms with Crippen molar-refractivity contribution in [2.24, 2.45) is 11.3 Å². The number of methoxy groups -OCH3 is 1. The number of ether oxygens (including phenoxy) is 2. The van der Waals surface area contributed by atoms with Crippen LogP contribution in [0.15, 0.2) is 60.7 Å². The first kappa shape index (κ1) is 28.4. The summed E-state index contributed by atoms with van der Waals surface area (Å²) < 4.78 is 39.0. The summed E-state index contributed by atoms with van der Waals surface area (Å²) in [5, 5.41) is 10.0. The summed E-state index contributed by atoms with van der Waals surface area (Å²) in [6, 6.07) is 17.6. The van der Waals surface area contributed by atoms with Crippen LogP contribution in [0.2, 0.25) is 0 Å². The second kappa shape index (κ2) is 11.2. The maximum absolute atomic E-state index is 14.8. The van der Waals surface area contributed by atoms with Gasteiger partial charge in [0, 0.05) is 25.5 Å². The molecule has 4 rings (SSSR count). The zero-order valence-corrected chi connectivity index (χ0v) is 23.7. The molecule has 1 aliphatic carbocycles. The minimum absolute atomic E-state index is 0.00510. The third kappa shape index (κ3) is 7.05. The summed E-state index contributed by atoms with van der Waals surface area (Å²) in [4.78, 5) is 10.0. The maximum atomic E-state index is 14.8. The van der Waals surface area contributed by atoms with Crippen molar-refractivity contribution in [1.82, 2.24) is 0 Å². The third-order valence-corrected chi connectivity index (χ3v) is 8.15. The van der Waals surface area contributed by atoms with Crippen LogP contribution in [-0.4, -0.2) is 29.9 Å². The van der Waals surface area contributed by atoms with Crippen LogP contribution in [0, 0.1) is 17.2 Å². The highest BCUT2D eigenvalue weighted by molar-refractivity contribution is 7.57. The Labute approximate surface area is 225 Å². The lowest BCUT2D eigenvalue weighted by Crippen LogP contribution is -2.21. The summed E-state index contributed by atoms with van der Waals surface area (Å²) >= 11 is 0. The molecule has 0 aromatic heterocycles. The molecular formula is C31H38FO5P. The Morgan fingerprint density at radius 2 is 1.79 bits per heavy atom. The molecule has 3 atom stereocenters. The maximum Gasteiger partial charge on any atom is 0.198 e. The molecule has 38 heavy (non-hydrogen) atoms. The number of aromatic hydroxyl groups is 1. The van der Waals surface area contributed by atoms with E-state index in [0.29, 0.717) is 29.4 Å². The monoisotopic (exact) mass is 540 g/mol. The average molecular weight is 541 g/mol. The summed E-state index contributed by atoms with van der Waals surface area (Å²) in [5.41, 5.74) is 3.45. The molecule has 1 aliphatic rings. The molecular weight excluding hydrogens is 502 g/mol. The number of hydrogen-bond acceptors (Lipinski definition) is 4. The molecule has 0 amide bonds. The summed E-state index contributed by atoms with van der Waals surface area (Å²) in [6.45, 7) is 7.92. The van der Waals surface area contributed by atoms with Crippen LogP contribution in [0.3, 0.4) is 0 Å². The average Bonchev–Trinajstić information content (AvgIpc) is 3.68. The standard InChI is InChI=1S/C31H38FO5P/c1-31(2,3)30(36-4)27-15-20(9-13-25(27)26-17-23(33)12-14-29(26)32)18-37-24-8-6-7-22(16-24)28(21-10-11-21)19-38(5,34)35/h6-9,12-17,21,28,30,33H,10-11,18-19H2,1-5H3,(H,34,35)/t28?,30-/m1/s1. The largest absolute Gasteiger partial charge is 0.508 e. The van der Waals surface area contributed by atoms with Crippen molar-refractivity contribution >= 4 is 7.37 Å². The molecule has 1 fully saturated rings. The van der Waals surface area contributed by atoms with Crippen LogP contribution in [0.1, 0.15) is 62.3 Å². The molecule has 3 aromatic rings. The van der Waals surface area contributed by atoms with E-state index < -0.39 is 13.2 Å². The van der Waals surface area contributed by atoms with Crippen molar-refractivity contribution in [3.05, 3.63) is 83.2 Å². The fraction of sp³-hybridized carbons (Fsp3) is 0.419. The number of rotatable bonds is 10. The van der Waals surface area contributed by atoms with E-state index in [1.807, 2.05) is 42.5 Å². The van der Waals surface area contributed by atoms with Gasteiger partial charge in [-0.3, -0.25) is 4.57 Å². The molecule has 0 radical (unpaired) electrons. The minimum atomic E-state index is -3.14. The third-order valence-electron chi connectivity index (χ3n) is 7.08. The van der Waals surface area contributed by atoms with Crippen LogP contribution in [0.25, 0.3) is 11.1 Å². The quantitative estimate of drug-likeness (QED) is 0.256. The van der Waals surface area contributed by atoms with Crippen molar-refractivity contribution in [2.45, 2.75) is 52.2 Å². The summed E-state index contributed by atoms with van der Waals surface area (Å²) in [7, 11) is -1.50. The number of halogens is 1. The minimum Gasteiger partial charge on any atom is -0.508 e. The molecule has 204 valence electrons. The molecule has 5 nitrogen and oxygen atoms in total. The number of phenolic OH excluding ortho intramolecular Hbond substituents is 1. The topological polar surface area (TPSA) is 76.0 Å². The van der Waals surface area contributed by atoms with Gasteiger partial charge in [0.15, 0.2) is 7.37 Å². The normalized spacial score (nSPS) is 17.0. The number of hydrogen-bond donors (Lipinski definition) is 2. The molecule has 2 unspecified atom stereocenters. The zero-order chi connectivity index (χ0) is 27.7. The van der Waals surface area contributed by atoms with Crippen LogP contribution >= 0.6 is 7.37 Å². The highest BCUT2D eigenvalue weighted by Gasteiger charge is 2.35. The predicted octanol–water partition coefficient (Wildman–Crippen LogP) is 7.90. The Hall–Kier alpha value is -2.66. The number of benzene rings is 3. The molecule has 0 aliphatic heterocycles. The van der Waals surface area contributed by atoms with Gasteiger partial charge in [-0.1, -0.05) is 45.0 Å². The van der Waals surface area contributed by atoms with Gasteiger partial charge in [-0.2, -0.15) is 0 Å². The predicted molar refractivity (Wildman–Crippen MR) is 150 cm³/mol. The fourth-order valence-corrected chi connectivity index (χ4v) is 6.46. The Bertz CT molecular complexity index is 1320. The number of phenols is 1. The van der Waals surface area contributed by atoms with E-state index in [1.54, 1.807) is 7.11 Å². The van der Waals surface area contributed by atoms with Gasteiger partial charge in [-0.15, -0.1) is 0 Å². The van der Waals surface area contributed by atoms with Crippen molar-refractivity contribution in [2.75, 3.05) is 19.9 Å². The highest BCUT2D eigenvalue weighted by atomic mass is 31.2. The van der Waals surface area contributed by atoms with Gasteiger partial charge in [0.05, 0.1) is 6.10 Å². The molecule has 0 heterocycles. The first-order valence-electron chi connectivity index (χ1n) is 13.0. The molecule has 3 aromatic carbocycles. The van der Waals surface area contributed by atoms with Gasteiger partial charge in [0.2, 0.25) is 0 Å². The van der Waals surface area contributed by atoms with E-state index in [9.17, 15) is 19.0 Å². The van der Waals surface area contributed by atoms with Gasteiger partial charge in [-0.05, 0) is 88.7 Å². The second-order valence-electron chi connectivity index (χ2n) is 11.6. The first-order chi connectivity index (χ1) is 17.9. The van der Waals surface area contributed by atoms with Crippen LogP contribution in [0.5, 0.6) is 11.5 Å². The summed E-state index contributed by atoms with van der Waals surface area (Å²) in [5.74, 6) is 0.771. The lowest BCUT2D eigenvalue weighted by molar-refractivity contribution is 0.0155. The van der Waals surface area contributed by atoms with Crippen LogP contribution in [-0.2, 0) is 15.9 Å². The Kier molecular flexibility index (Phi) is 8.37. The Morgan fingerprint density at radius 1 is 1.05 bits per heavy atom. The molecule has 0 spiro atoms. The van der Waals surface area contributed by atoms with Gasteiger partial charge < -0.3 is 19.5 Å². The lowest BCUT2D eigenvalue weighted by atomic mass is 9.81. The smallest absolute Gasteiger partial charge is 0.198 e. The summed E-state index contributed by atoms with van der Waals surface area (Å²) in [6.07, 6.45) is 2.12. The van der Waals surface area contributed by atoms with Gasteiger partial charge in [0.1, 0.15) is 23.9 Å². The van der Waals surface area contributed by atoms with Crippen molar-refractivity contribution in [3.8, 4) is 22.6 Å². The Morgan fingerprint density at radius 3 is 2.42 bits per heavy atom. The van der Waals surface area contributed by atoms with Crippen LogP contribution in [0.4, 0.5) is 4.39 Å². The second-order valence-corrected chi connectivity index (χ2v) is 14.1. The lowest BCUT2D eigenvalue weighted by Gasteiger charge is -2.32. The SMILES string of the molecule is CO[C@H](c1cc(COc2cccc(C(CP(C)(=O)O)C3CC3)c2)ccc1-c1cc(O)ccc1F)C(C)(C)C. The molecule has 2 N–H and O–H groups in total. The Balaban J connectivity index is 1.63. The first-order valence-corrected chi connectivity index (χ1v) is 15.3. The fourth-order valence-electron chi connectivity index (χ4n) is 5.22. The van der Waals surface area contributed by atoms with Crippen molar-refractivity contribution in [3.63, 3.8) is 0 Å².